The first kappa shape index (κ1) is 10.7. The third-order valence-electron chi connectivity index (χ3n) is 3.69. The van der Waals surface area contributed by atoms with Crippen molar-refractivity contribution in [2.24, 2.45) is 0 Å². The van der Waals surface area contributed by atoms with Crippen LogP contribution < -0.4 is 5.32 Å². The fourth-order valence-electron chi connectivity index (χ4n) is 2.55. The van der Waals surface area contributed by atoms with E-state index in [0.717, 1.165) is 19.3 Å². The Balaban J connectivity index is 1.82. The van der Waals surface area contributed by atoms with Gasteiger partial charge in [0.25, 0.3) is 0 Å². The van der Waals surface area contributed by atoms with Crippen molar-refractivity contribution in [1.29, 1.82) is 0 Å². The van der Waals surface area contributed by atoms with Crippen molar-refractivity contribution in [2.75, 3.05) is 6.61 Å². The number of fused-ring (bicyclic) bond motifs is 1. The number of aliphatic hydroxyl groups excluding tert-OH is 1. The quantitative estimate of drug-likeness (QED) is 0.846. The van der Waals surface area contributed by atoms with E-state index in [9.17, 15) is 5.11 Å². The minimum absolute atomic E-state index is 0.0389. The zero-order chi connectivity index (χ0) is 11.2. The zero-order valence-corrected chi connectivity index (χ0v) is 10.4. The number of aromatic nitrogens is 1. The molecule has 1 heterocycles. The molecule has 1 aromatic heterocycles. The molecule has 0 radical (unpaired) electrons. The average molecular weight is 238 g/mol. The van der Waals surface area contributed by atoms with E-state index < -0.39 is 0 Å². The molecule has 1 atom stereocenters. The summed E-state index contributed by atoms with van der Waals surface area (Å²) in [6.07, 6.45) is 5.77. The Morgan fingerprint density at radius 2 is 2.38 bits per heavy atom. The first-order valence-electron chi connectivity index (χ1n) is 6.07. The first-order valence-corrected chi connectivity index (χ1v) is 6.89. The molecule has 0 spiro atoms. The lowest BCUT2D eigenvalue weighted by Gasteiger charge is -2.27. The van der Waals surface area contributed by atoms with E-state index in [2.05, 4.69) is 17.2 Å². The van der Waals surface area contributed by atoms with Crippen molar-refractivity contribution in [3.05, 3.63) is 15.6 Å². The van der Waals surface area contributed by atoms with Crippen LogP contribution in [0.3, 0.4) is 0 Å². The molecule has 1 saturated carbocycles. The summed E-state index contributed by atoms with van der Waals surface area (Å²) in [7, 11) is 0. The summed E-state index contributed by atoms with van der Waals surface area (Å²) >= 11 is 1.82. The third kappa shape index (κ3) is 1.79. The number of rotatable bonds is 3. The maximum Gasteiger partial charge on any atom is 0.0900 e. The number of hydrogen-bond acceptors (Lipinski definition) is 4. The molecule has 16 heavy (non-hydrogen) atoms. The van der Waals surface area contributed by atoms with E-state index in [-0.39, 0.29) is 12.1 Å². The second-order valence-electron chi connectivity index (χ2n) is 5.07. The smallest absolute Gasteiger partial charge is 0.0900 e. The van der Waals surface area contributed by atoms with E-state index >= 15 is 0 Å². The molecule has 0 amide bonds. The minimum atomic E-state index is 0.0389. The van der Waals surface area contributed by atoms with Crippen molar-refractivity contribution < 1.29 is 5.11 Å². The van der Waals surface area contributed by atoms with E-state index in [0.29, 0.717) is 6.04 Å². The number of nitrogens with zero attached hydrogens (tertiary/aromatic N) is 1. The highest BCUT2D eigenvalue weighted by Crippen LogP contribution is 2.41. The predicted octanol–water partition coefficient (Wildman–Crippen LogP) is 1.94. The van der Waals surface area contributed by atoms with Gasteiger partial charge in [-0.05, 0) is 39.0 Å². The number of aliphatic hydroxyl groups is 1. The highest BCUT2D eigenvalue weighted by molar-refractivity contribution is 7.11. The van der Waals surface area contributed by atoms with Gasteiger partial charge in [0.15, 0.2) is 0 Å². The van der Waals surface area contributed by atoms with Gasteiger partial charge in [-0.2, -0.15) is 0 Å². The van der Waals surface area contributed by atoms with Crippen molar-refractivity contribution in [3.8, 4) is 0 Å². The Bertz CT molecular complexity index is 398. The molecule has 1 fully saturated rings. The summed E-state index contributed by atoms with van der Waals surface area (Å²) < 4.78 is 0. The van der Waals surface area contributed by atoms with Gasteiger partial charge in [0.2, 0.25) is 0 Å². The van der Waals surface area contributed by atoms with Gasteiger partial charge < -0.3 is 10.4 Å². The van der Waals surface area contributed by atoms with Gasteiger partial charge >= 0.3 is 0 Å². The Morgan fingerprint density at radius 1 is 1.56 bits per heavy atom. The number of hydrogen-bond donors (Lipinski definition) is 2. The maximum absolute atomic E-state index is 9.37. The van der Waals surface area contributed by atoms with Crippen molar-refractivity contribution in [2.45, 2.75) is 50.6 Å². The molecule has 3 rings (SSSR count). The highest BCUT2D eigenvalue weighted by atomic mass is 32.1. The molecule has 0 saturated heterocycles. The predicted molar refractivity (Wildman–Crippen MR) is 64.7 cm³/mol. The molecular weight excluding hydrogens is 220 g/mol. The van der Waals surface area contributed by atoms with Crippen molar-refractivity contribution in [3.63, 3.8) is 0 Å². The molecule has 1 aromatic rings. The molecule has 0 aromatic carbocycles. The average Bonchev–Trinajstić information content (AvgIpc) is 2.93. The van der Waals surface area contributed by atoms with Gasteiger partial charge in [0.05, 0.1) is 17.3 Å². The second kappa shape index (κ2) is 3.79. The summed E-state index contributed by atoms with van der Waals surface area (Å²) in [5.41, 5.74) is 1.33. The lowest BCUT2D eigenvalue weighted by molar-refractivity contribution is 0.214. The fourth-order valence-corrected chi connectivity index (χ4v) is 3.61. The van der Waals surface area contributed by atoms with Gasteiger partial charge in [-0.1, -0.05) is 0 Å². The lowest BCUT2D eigenvalue weighted by Crippen LogP contribution is -2.38. The molecule has 3 nitrogen and oxygen atoms in total. The lowest BCUT2D eigenvalue weighted by atomic mass is 9.97. The third-order valence-corrected chi connectivity index (χ3v) is 4.82. The van der Waals surface area contributed by atoms with Crippen LogP contribution in [0.25, 0.3) is 0 Å². The van der Waals surface area contributed by atoms with Crippen LogP contribution in [0, 0.1) is 6.92 Å². The minimum Gasteiger partial charge on any atom is -0.394 e. The standard InChI is InChI=1S/C12H18N2OS/c1-8-13-9-3-2-4-10(11(9)16-8)14-12(7-15)5-6-12/h10,14-15H,2-7H2,1H3. The van der Waals surface area contributed by atoms with E-state index in [1.807, 2.05) is 11.3 Å². The van der Waals surface area contributed by atoms with Crippen LogP contribution in [0.15, 0.2) is 0 Å². The summed E-state index contributed by atoms with van der Waals surface area (Å²) in [5.74, 6) is 0. The van der Waals surface area contributed by atoms with Crippen LogP contribution in [0.5, 0.6) is 0 Å². The molecule has 1 unspecified atom stereocenters. The Kier molecular flexibility index (Phi) is 2.53. The summed E-state index contributed by atoms with van der Waals surface area (Å²) in [6, 6.07) is 0.435. The number of thiazole rings is 1. The monoisotopic (exact) mass is 238 g/mol. The van der Waals surface area contributed by atoms with Crippen LogP contribution in [0.1, 0.15) is 47.3 Å². The van der Waals surface area contributed by atoms with Crippen LogP contribution in [-0.4, -0.2) is 22.2 Å². The summed E-state index contributed by atoms with van der Waals surface area (Å²) in [5, 5.41) is 14.2. The number of nitrogens with one attached hydrogen (secondary N) is 1. The molecule has 2 N–H and O–H groups in total. The van der Waals surface area contributed by atoms with Crippen LogP contribution in [-0.2, 0) is 6.42 Å². The van der Waals surface area contributed by atoms with Crippen LogP contribution >= 0.6 is 11.3 Å². The van der Waals surface area contributed by atoms with Gasteiger partial charge in [-0.15, -0.1) is 11.3 Å². The molecule has 88 valence electrons. The zero-order valence-electron chi connectivity index (χ0n) is 9.62. The highest BCUT2D eigenvalue weighted by Gasteiger charge is 2.44. The van der Waals surface area contributed by atoms with Crippen LogP contribution in [0.4, 0.5) is 0 Å². The molecule has 2 aliphatic rings. The summed E-state index contributed by atoms with van der Waals surface area (Å²) in [4.78, 5) is 6.01. The van der Waals surface area contributed by atoms with Crippen LogP contribution in [0.2, 0.25) is 0 Å². The van der Waals surface area contributed by atoms with Crippen molar-refractivity contribution >= 4 is 11.3 Å². The van der Waals surface area contributed by atoms with E-state index in [1.165, 1.54) is 28.4 Å². The Morgan fingerprint density at radius 3 is 3.06 bits per heavy atom. The van der Waals surface area contributed by atoms with Gasteiger partial charge in [-0.3, -0.25) is 0 Å². The maximum atomic E-state index is 9.37. The normalized spacial score (nSPS) is 26.5. The molecular formula is C12H18N2OS. The number of aryl methyl sites for hydroxylation is 2. The Labute approximate surface area is 99.9 Å². The summed E-state index contributed by atoms with van der Waals surface area (Å²) in [6.45, 7) is 2.36. The molecule has 4 heteroatoms. The first-order chi connectivity index (χ1) is 7.72. The van der Waals surface area contributed by atoms with E-state index in [4.69, 9.17) is 0 Å². The SMILES string of the molecule is Cc1nc2c(s1)C(NC1(CO)CC1)CCC2. The van der Waals surface area contributed by atoms with E-state index in [1.54, 1.807) is 0 Å². The van der Waals surface area contributed by atoms with Gasteiger partial charge in [-0.25, -0.2) is 4.98 Å². The van der Waals surface area contributed by atoms with Crippen molar-refractivity contribution in [1.82, 2.24) is 10.3 Å². The Hall–Kier alpha value is -0.450. The topological polar surface area (TPSA) is 45.2 Å². The van der Waals surface area contributed by atoms with Gasteiger partial charge in [0.1, 0.15) is 0 Å². The molecule has 2 aliphatic carbocycles. The molecule has 0 bridgehead atoms. The fraction of sp³-hybridized carbons (Fsp3) is 0.750. The molecule has 0 aliphatic heterocycles. The second-order valence-corrected chi connectivity index (χ2v) is 6.31. The largest absolute Gasteiger partial charge is 0.394 e. The van der Waals surface area contributed by atoms with Gasteiger partial charge in [0, 0.05) is 16.5 Å².